The van der Waals surface area contributed by atoms with Gasteiger partial charge in [-0.2, -0.15) is 45.5 Å². The van der Waals surface area contributed by atoms with Crippen LogP contribution in [-0.2, 0) is 64.7 Å². The van der Waals surface area contributed by atoms with Crippen LogP contribution in [0.25, 0.3) is 0 Å². The average Bonchev–Trinajstić information content (AvgIpc) is 3.18. The average molecular weight is 414 g/mol. The molecule has 0 unspecified atom stereocenters. The van der Waals surface area contributed by atoms with Crippen LogP contribution in [0.3, 0.4) is 0 Å². The Morgan fingerprint density at radius 1 is 0.680 bits per heavy atom. The molecular formula is C24H34Zr. The fourth-order valence-electron chi connectivity index (χ4n) is 4.41. The Morgan fingerprint density at radius 3 is 1.44 bits per heavy atom. The third-order valence-corrected chi connectivity index (χ3v) is 5.63. The summed E-state index contributed by atoms with van der Waals surface area (Å²) in [6.45, 7) is 4.51. The van der Waals surface area contributed by atoms with Crippen LogP contribution in [0, 0.1) is 0 Å². The Hall–Kier alpha value is -0.417. The van der Waals surface area contributed by atoms with Crippen LogP contribution in [0.15, 0.2) is 24.3 Å². The van der Waals surface area contributed by atoms with Crippen molar-refractivity contribution in [1.29, 1.82) is 0 Å². The largest absolute Gasteiger partial charge is 2.00 e. The molecule has 0 heterocycles. The van der Waals surface area contributed by atoms with E-state index in [1.807, 2.05) is 0 Å². The van der Waals surface area contributed by atoms with Crippen molar-refractivity contribution in [3.8, 4) is 0 Å². The second kappa shape index (κ2) is 10.7. The molecule has 0 aromatic heterocycles. The number of rotatable bonds is 4. The van der Waals surface area contributed by atoms with Crippen molar-refractivity contribution in [3.63, 3.8) is 0 Å². The van der Waals surface area contributed by atoms with Gasteiger partial charge < -0.3 is 0 Å². The minimum Gasteiger partial charge on any atom is -0.207 e. The Morgan fingerprint density at radius 2 is 1.08 bits per heavy atom. The van der Waals surface area contributed by atoms with Gasteiger partial charge in [0.25, 0.3) is 0 Å². The first-order valence-corrected chi connectivity index (χ1v) is 10.3. The molecule has 0 saturated carbocycles. The smallest absolute Gasteiger partial charge is 0.207 e. The summed E-state index contributed by atoms with van der Waals surface area (Å²) < 4.78 is 0. The first-order valence-electron chi connectivity index (χ1n) is 10.3. The predicted molar refractivity (Wildman–Crippen MR) is 105 cm³/mol. The second-order valence-electron chi connectivity index (χ2n) is 7.74. The van der Waals surface area contributed by atoms with E-state index in [-0.39, 0.29) is 26.2 Å². The van der Waals surface area contributed by atoms with E-state index in [0.29, 0.717) is 0 Å². The fourth-order valence-corrected chi connectivity index (χ4v) is 4.41. The van der Waals surface area contributed by atoms with E-state index < -0.39 is 0 Å². The molecule has 0 nitrogen and oxygen atoms in total. The molecule has 2 aliphatic rings. The van der Waals surface area contributed by atoms with Crippen molar-refractivity contribution in [1.82, 2.24) is 0 Å². The molecule has 0 fully saturated rings. The van der Waals surface area contributed by atoms with Crippen molar-refractivity contribution < 1.29 is 26.2 Å². The Kier molecular flexibility index (Phi) is 8.91. The molecule has 25 heavy (non-hydrogen) atoms. The summed E-state index contributed by atoms with van der Waals surface area (Å²) in [6, 6.07) is 9.71. The van der Waals surface area contributed by atoms with Gasteiger partial charge >= 0.3 is 26.2 Å². The monoisotopic (exact) mass is 412 g/mol. The normalized spacial score (nSPS) is 15.4. The summed E-state index contributed by atoms with van der Waals surface area (Å²) in [7, 11) is 0. The van der Waals surface area contributed by atoms with E-state index in [4.69, 9.17) is 0 Å². The van der Waals surface area contributed by atoms with Gasteiger partial charge in [-0.05, 0) is 0 Å². The second-order valence-corrected chi connectivity index (χ2v) is 7.74. The van der Waals surface area contributed by atoms with Crippen LogP contribution < -0.4 is 0 Å². The standard InChI is InChI=1S/2C12H17.Zr/c2*1-2-5-10-8-11-6-3-4-7-12(11)9-10;/h2*8-9H,2-7H2,1H3;/q2*-1;+2. The van der Waals surface area contributed by atoms with Crippen molar-refractivity contribution in [2.45, 2.75) is 90.9 Å². The topological polar surface area (TPSA) is 0 Å². The third kappa shape index (κ3) is 5.78. The molecule has 0 bridgehead atoms. The van der Waals surface area contributed by atoms with Gasteiger partial charge in [0.1, 0.15) is 0 Å². The van der Waals surface area contributed by atoms with E-state index in [2.05, 4.69) is 38.1 Å². The summed E-state index contributed by atoms with van der Waals surface area (Å²) in [6.07, 6.45) is 16.1. The molecule has 2 aromatic carbocycles. The quantitative estimate of drug-likeness (QED) is 0.504. The van der Waals surface area contributed by atoms with Crippen molar-refractivity contribution in [2.75, 3.05) is 0 Å². The maximum Gasteiger partial charge on any atom is 2.00 e. The molecule has 0 amide bonds. The molecule has 0 atom stereocenters. The predicted octanol–water partition coefficient (Wildman–Crippen LogP) is 6.47. The minimum absolute atomic E-state index is 0. The zero-order valence-electron chi connectivity index (χ0n) is 16.3. The summed E-state index contributed by atoms with van der Waals surface area (Å²) in [4.78, 5) is 0. The number of hydrogen-bond acceptors (Lipinski definition) is 0. The van der Waals surface area contributed by atoms with Crippen LogP contribution in [0.2, 0.25) is 0 Å². The summed E-state index contributed by atoms with van der Waals surface area (Å²) in [5, 5.41) is 0. The Balaban J connectivity index is 0.000000173. The molecule has 4 rings (SSSR count). The summed E-state index contributed by atoms with van der Waals surface area (Å²) in [5.41, 5.74) is 9.72. The molecule has 0 saturated heterocycles. The van der Waals surface area contributed by atoms with Crippen LogP contribution in [0.5, 0.6) is 0 Å². The van der Waals surface area contributed by atoms with E-state index in [1.165, 1.54) is 77.0 Å². The molecule has 0 N–H and O–H groups in total. The van der Waals surface area contributed by atoms with Crippen molar-refractivity contribution in [3.05, 3.63) is 57.6 Å². The molecule has 0 radical (unpaired) electrons. The summed E-state index contributed by atoms with van der Waals surface area (Å²) in [5.74, 6) is 0. The molecule has 2 aliphatic carbocycles. The van der Waals surface area contributed by atoms with Crippen molar-refractivity contribution >= 4 is 0 Å². The van der Waals surface area contributed by atoms with Gasteiger partial charge in [0.2, 0.25) is 0 Å². The van der Waals surface area contributed by atoms with Gasteiger partial charge in [-0.3, -0.25) is 0 Å². The zero-order valence-corrected chi connectivity index (χ0v) is 18.8. The molecule has 1 heteroatoms. The first-order chi connectivity index (χ1) is 11.8. The molecule has 0 spiro atoms. The minimum atomic E-state index is 0. The molecule has 2 aromatic rings. The van der Waals surface area contributed by atoms with Gasteiger partial charge in [0.15, 0.2) is 0 Å². The first kappa shape index (κ1) is 20.9. The SMILES string of the molecule is CCCc1cc2c([cH-]1)CCCC2.CCCc1cc2c([cH-]1)CCCC2.[Zr+2]. The van der Waals surface area contributed by atoms with E-state index in [9.17, 15) is 0 Å². The molecular weight excluding hydrogens is 379 g/mol. The Bertz CT molecular complexity index is 525. The van der Waals surface area contributed by atoms with Crippen molar-refractivity contribution in [2.24, 2.45) is 0 Å². The molecule has 134 valence electrons. The van der Waals surface area contributed by atoms with E-state index >= 15 is 0 Å². The van der Waals surface area contributed by atoms with Gasteiger partial charge in [0, 0.05) is 0 Å². The van der Waals surface area contributed by atoms with Gasteiger partial charge in [-0.15, -0.1) is 0 Å². The number of hydrogen-bond donors (Lipinski definition) is 0. The third-order valence-electron chi connectivity index (χ3n) is 5.63. The van der Waals surface area contributed by atoms with E-state index in [0.717, 1.165) is 0 Å². The maximum atomic E-state index is 2.43. The van der Waals surface area contributed by atoms with Crippen LogP contribution in [-0.4, -0.2) is 0 Å². The zero-order chi connectivity index (χ0) is 16.8. The van der Waals surface area contributed by atoms with Crippen LogP contribution in [0.1, 0.15) is 85.8 Å². The van der Waals surface area contributed by atoms with Gasteiger partial charge in [-0.1, -0.05) is 90.9 Å². The van der Waals surface area contributed by atoms with Crippen LogP contribution >= 0.6 is 0 Å². The fraction of sp³-hybridized carbons (Fsp3) is 0.583. The van der Waals surface area contributed by atoms with Crippen LogP contribution in [0.4, 0.5) is 0 Å². The number of aryl methyl sites for hydroxylation is 6. The summed E-state index contributed by atoms with van der Waals surface area (Å²) >= 11 is 0. The maximum absolute atomic E-state index is 2.43. The van der Waals surface area contributed by atoms with Gasteiger partial charge in [-0.25, -0.2) is 12.1 Å². The van der Waals surface area contributed by atoms with Gasteiger partial charge in [0.05, 0.1) is 0 Å². The van der Waals surface area contributed by atoms with E-state index in [1.54, 1.807) is 33.4 Å². The Labute approximate surface area is 174 Å². The number of fused-ring (bicyclic) bond motifs is 2. The molecule has 0 aliphatic heterocycles.